The average Bonchev–Trinajstić information content (AvgIpc) is 2.54. The maximum absolute atomic E-state index is 11.9. The molecule has 0 aliphatic rings. The van der Waals surface area contributed by atoms with Crippen molar-refractivity contribution in [1.82, 2.24) is 5.32 Å². The molecule has 2 N–H and O–H groups in total. The molecule has 2 aromatic rings. The van der Waals surface area contributed by atoms with Gasteiger partial charge < -0.3 is 10.6 Å². The van der Waals surface area contributed by atoms with Crippen molar-refractivity contribution in [3.05, 3.63) is 62.5 Å². The number of aryl methyl sites for hydroxylation is 2. The fourth-order valence-corrected chi connectivity index (χ4v) is 3.10. The Hall–Kier alpha value is -1.66. The van der Waals surface area contributed by atoms with Crippen LogP contribution in [0.1, 0.15) is 17.5 Å². The van der Waals surface area contributed by atoms with E-state index in [0.29, 0.717) is 12.8 Å². The van der Waals surface area contributed by atoms with Crippen molar-refractivity contribution in [1.29, 1.82) is 0 Å². The molecule has 0 bridgehead atoms. The van der Waals surface area contributed by atoms with Gasteiger partial charge in [0.2, 0.25) is 11.8 Å². The van der Waals surface area contributed by atoms with Gasteiger partial charge in [-0.2, -0.15) is 0 Å². The van der Waals surface area contributed by atoms with E-state index in [0.717, 1.165) is 25.8 Å². The van der Waals surface area contributed by atoms with Crippen molar-refractivity contribution in [3.63, 3.8) is 0 Å². The van der Waals surface area contributed by atoms with Gasteiger partial charge in [-0.05, 0) is 54.8 Å². The molecule has 2 amide bonds. The van der Waals surface area contributed by atoms with Crippen LogP contribution in [0.2, 0.25) is 0 Å². The average molecular weight is 454 g/mol. The second-order valence-corrected chi connectivity index (χ2v) is 7.25. The van der Waals surface area contributed by atoms with Crippen molar-refractivity contribution in [2.45, 2.75) is 19.8 Å². The van der Waals surface area contributed by atoms with E-state index >= 15 is 0 Å². The summed E-state index contributed by atoms with van der Waals surface area (Å²) in [6.45, 7) is 1.88. The van der Waals surface area contributed by atoms with Crippen molar-refractivity contribution in [3.8, 4) is 0 Å². The normalized spacial score (nSPS) is 10.3. The molecule has 2 rings (SSSR count). The number of hydrogen-bond donors (Lipinski definition) is 2. The lowest BCUT2D eigenvalue weighted by Gasteiger charge is -2.10. The second-order valence-electron chi connectivity index (χ2n) is 5.41. The Morgan fingerprint density at radius 3 is 2.46 bits per heavy atom. The standard InChI is InChI=1S/C18H18Br2N2O2/c1-12-9-15(20)6-7-16(12)22-18(24)11-21-17(23)8-5-13-3-2-4-14(19)10-13/h2-4,6-7,9-10H,5,8,11H2,1H3,(H,21,23)(H,22,24). The van der Waals surface area contributed by atoms with Crippen LogP contribution < -0.4 is 10.6 Å². The number of anilines is 1. The Kier molecular flexibility index (Phi) is 6.99. The first-order valence-electron chi connectivity index (χ1n) is 7.51. The highest BCUT2D eigenvalue weighted by Crippen LogP contribution is 2.19. The van der Waals surface area contributed by atoms with Crippen molar-refractivity contribution in [2.24, 2.45) is 0 Å². The smallest absolute Gasteiger partial charge is 0.243 e. The molecule has 2 aromatic carbocycles. The molecule has 0 radical (unpaired) electrons. The van der Waals surface area contributed by atoms with Crippen molar-refractivity contribution < 1.29 is 9.59 Å². The van der Waals surface area contributed by atoms with E-state index in [-0.39, 0.29) is 18.4 Å². The van der Waals surface area contributed by atoms with E-state index in [4.69, 9.17) is 0 Å². The van der Waals surface area contributed by atoms with Crippen molar-refractivity contribution in [2.75, 3.05) is 11.9 Å². The minimum Gasteiger partial charge on any atom is -0.347 e. The quantitative estimate of drug-likeness (QED) is 0.688. The van der Waals surface area contributed by atoms with E-state index in [1.165, 1.54) is 0 Å². The summed E-state index contributed by atoms with van der Waals surface area (Å²) in [5.74, 6) is -0.381. The highest BCUT2D eigenvalue weighted by molar-refractivity contribution is 9.10. The van der Waals surface area contributed by atoms with Crippen LogP contribution in [0.25, 0.3) is 0 Å². The number of carbonyl (C=O) groups excluding carboxylic acids is 2. The van der Waals surface area contributed by atoms with Crippen LogP contribution in [-0.4, -0.2) is 18.4 Å². The van der Waals surface area contributed by atoms with Gasteiger partial charge >= 0.3 is 0 Å². The van der Waals surface area contributed by atoms with Gasteiger partial charge in [-0.1, -0.05) is 44.0 Å². The predicted molar refractivity (Wildman–Crippen MR) is 103 cm³/mol. The third kappa shape index (κ3) is 6.09. The van der Waals surface area contributed by atoms with E-state index in [1.807, 2.05) is 49.4 Å². The molecule has 0 saturated heterocycles. The minimum absolute atomic E-state index is 0.0349. The largest absolute Gasteiger partial charge is 0.347 e. The van der Waals surface area contributed by atoms with Crippen LogP contribution in [0.15, 0.2) is 51.4 Å². The zero-order chi connectivity index (χ0) is 17.5. The molecular weight excluding hydrogens is 436 g/mol. The maximum Gasteiger partial charge on any atom is 0.243 e. The number of benzene rings is 2. The van der Waals surface area contributed by atoms with Crippen molar-refractivity contribution >= 4 is 49.4 Å². The molecule has 4 nitrogen and oxygen atoms in total. The van der Waals surface area contributed by atoms with Gasteiger partial charge in [0.1, 0.15) is 0 Å². The first-order valence-corrected chi connectivity index (χ1v) is 9.10. The van der Waals surface area contributed by atoms with Gasteiger partial charge in [-0.25, -0.2) is 0 Å². The summed E-state index contributed by atoms with van der Waals surface area (Å²) >= 11 is 6.78. The zero-order valence-electron chi connectivity index (χ0n) is 13.2. The molecule has 0 spiro atoms. The Morgan fingerprint density at radius 1 is 1.00 bits per heavy atom. The summed E-state index contributed by atoms with van der Waals surface area (Å²) in [6.07, 6.45) is 0.986. The Labute approximate surface area is 158 Å². The summed E-state index contributed by atoms with van der Waals surface area (Å²) in [5, 5.41) is 5.44. The van der Waals surface area contributed by atoms with Gasteiger partial charge in [-0.3, -0.25) is 9.59 Å². The maximum atomic E-state index is 11.9. The molecule has 0 fully saturated rings. The molecule has 0 saturated carbocycles. The fraction of sp³-hybridized carbons (Fsp3) is 0.222. The van der Waals surface area contributed by atoms with Crippen LogP contribution in [0.4, 0.5) is 5.69 Å². The Morgan fingerprint density at radius 2 is 1.75 bits per heavy atom. The second kappa shape index (κ2) is 8.99. The summed E-state index contributed by atoms with van der Waals surface area (Å²) in [7, 11) is 0. The first kappa shape index (κ1) is 18.7. The lowest BCUT2D eigenvalue weighted by atomic mass is 10.1. The van der Waals surface area contributed by atoms with Crippen LogP contribution in [0.3, 0.4) is 0 Å². The molecule has 0 unspecified atom stereocenters. The lowest BCUT2D eigenvalue weighted by Crippen LogP contribution is -2.33. The highest BCUT2D eigenvalue weighted by Gasteiger charge is 2.08. The molecule has 0 aliphatic carbocycles. The molecule has 0 aliphatic heterocycles. The third-order valence-corrected chi connectivity index (χ3v) is 4.42. The number of halogens is 2. The van der Waals surface area contributed by atoms with E-state index in [2.05, 4.69) is 42.5 Å². The molecule has 0 aromatic heterocycles. The van der Waals surface area contributed by atoms with Gasteiger partial charge in [-0.15, -0.1) is 0 Å². The molecule has 0 heterocycles. The summed E-state index contributed by atoms with van der Waals surface area (Å²) < 4.78 is 1.95. The topological polar surface area (TPSA) is 58.2 Å². The van der Waals surface area contributed by atoms with Crippen LogP contribution in [0.5, 0.6) is 0 Å². The number of nitrogens with one attached hydrogen (secondary N) is 2. The molecule has 126 valence electrons. The minimum atomic E-state index is -0.240. The van der Waals surface area contributed by atoms with E-state index in [1.54, 1.807) is 0 Å². The van der Waals surface area contributed by atoms with E-state index in [9.17, 15) is 9.59 Å². The number of rotatable bonds is 6. The van der Waals surface area contributed by atoms with Gasteiger partial charge in [0.05, 0.1) is 6.54 Å². The first-order chi connectivity index (χ1) is 11.4. The Balaban J connectivity index is 1.75. The molecule has 6 heteroatoms. The molecule has 24 heavy (non-hydrogen) atoms. The number of amides is 2. The predicted octanol–water partition coefficient (Wildman–Crippen LogP) is 4.21. The van der Waals surface area contributed by atoms with Gasteiger partial charge in [0.15, 0.2) is 0 Å². The third-order valence-electron chi connectivity index (χ3n) is 3.44. The Bertz CT molecular complexity index is 748. The monoisotopic (exact) mass is 452 g/mol. The van der Waals surface area contributed by atoms with Crippen LogP contribution >= 0.6 is 31.9 Å². The van der Waals surface area contributed by atoms with E-state index < -0.39 is 0 Å². The van der Waals surface area contributed by atoms with Gasteiger partial charge in [0.25, 0.3) is 0 Å². The molecular formula is C18H18Br2N2O2. The summed E-state index contributed by atoms with van der Waals surface area (Å²) in [4.78, 5) is 23.8. The van der Waals surface area contributed by atoms with Crippen LogP contribution in [-0.2, 0) is 16.0 Å². The molecule has 0 atom stereocenters. The number of hydrogen-bond acceptors (Lipinski definition) is 2. The highest BCUT2D eigenvalue weighted by atomic mass is 79.9. The van der Waals surface area contributed by atoms with Crippen LogP contribution in [0, 0.1) is 6.92 Å². The summed E-state index contributed by atoms with van der Waals surface area (Å²) in [5.41, 5.74) is 2.78. The SMILES string of the molecule is Cc1cc(Br)ccc1NC(=O)CNC(=O)CCc1cccc(Br)c1. The fourth-order valence-electron chi connectivity index (χ4n) is 2.18. The van der Waals surface area contributed by atoms with Gasteiger partial charge in [0, 0.05) is 21.1 Å². The lowest BCUT2D eigenvalue weighted by molar-refractivity contribution is -0.124. The number of carbonyl (C=O) groups is 2. The summed E-state index contributed by atoms with van der Waals surface area (Å²) in [6, 6.07) is 13.4. The zero-order valence-corrected chi connectivity index (χ0v) is 16.4.